The van der Waals surface area contributed by atoms with Gasteiger partial charge in [-0.15, -0.1) is 0 Å². The van der Waals surface area contributed by atoms with Gasteiger partial charge in [-0.1, -0.05) is 6.07 Å². The number of amides is 1. The van der Waals surface area contributed by atoms with Gasteiger partial charge >= 0.3 is 6.61 Å². The molecule has 0 unspecified atom stereocenters. The van der Waals surface area contributed by atoms with Gasteiger partial charge in [-0.3, -0.25) is 4.79 Å². The minimum absolute atomic E-state index is 0.0872. The van der Waals surface area contributed by atoms with Crippen LogP contribution >= 0.6 is 0 Å². The molecular weight excluding hydrogens is 308 g/mol. The predicted molar refractivity (Wildman–Crippen MR) is 80.6 cm³/mol. The molecule has 0 aromatic heterocycles. The number of ether oxygens (including phenoxy) is 3. The summed E-state index contributed by atoms with van der Waals surface area (Å²) in [5.41, 5.74) is 0.635. The number of hydrogen-bond donors (Lipinski definition) is 1. The van der Waals surface area contributed by atoms with Gasteiger partial charge in [0, 0.05) is 29.4 Å². The maximum absolute atomic E-state index is 12.2. The topological polar surface area (TPSA) is 56.8 Å². The Morgan fingerprint density at radius 2 is 1.65 bits per heavy atom. The number of anilines is 1. The van der Waals surface area contributed by atoms with E-state index in [1.54, 1.807) is 18.2 Å². The second-order valence-corrected chi connectivity index (χ2v) is 4.46. The second-order valence-electron chi connectivity index (χ2n) is 4.46. The Labute approximate surface area is 131 Å². The monoisotopic (exact) mass is 323 g/mol. The number of methoxy groups -OCH3 is 2. The first-order valence-corrected chi connectivity index (χ1v) is 6.61. The van der Waals surface area contributed by atoms with Crippen molar-refractivity contribution in [2.24, 2.45) is 0 Å². The van der Waals surface area contributed by atoms with Crippen LogP contribution in [0, 0.1) is 0 Å². The standard InChI is InChI=1S/C16H15F2NO4/c1-21-13-7-11(8-14(9-13)22-2)19-15(20)10-4-3-5-12(6-10)23-16(17)18/h3-9,16H,1-2H3,(H,19,20). The van der Waals surface area contributed by atoms with Crippen molar-refractivity contribution in [1.29, 1.82) is 0 Å². The molecule has 5 nitrogen and oxygen atoms in total. The molecule has 0 spiro atoms. The molecule has 122 valence electrons. The number of benzene rings is 2. The molecule has 0 saturated heterocycles. The van der Waals surface area contributed by atoms with Gasteiger partial charge in [0.1, 0.15) is 17.2 Å². The van der Waals surface area contributed by atoms with E-state index in [1.807, 2.05) is 0 Å². The molecule has 0 aliphatic heterocycles. The summed E-state index contributed by atoms with van der Waals surface area (Å²) in [6, 6.07) is 10.4. The average Bonchev–Trinajstić information content (AvgIpc) is 2.54. The van der Waals surface area contributed by atoms with Gasteiger partial charge < -0.3 is 19.5 Å². The molecule has 0 fully saturated rings. The van der Waals surface area contributed by atoms with Gasteiger partial charge in [0.2, 0.25) is 0 Å². The molecule has 23 heavy (non-hydrogen) atoms. The van der Waals surface area contributed by atoms with Gasteiger partial charge in [-0.05, 0) is 18.2 Å². The molecule has 0 saturated carbocycles. The number of carbonyl (C=O) groups is 1. The molecule has 2 aromatic rings. The van der Waals surface area contributed by atoms with Crippen molar-refractivity contribution in [2.45, 2.75) is 6.61 Å². The van der Waals surface area contributed by atoms with Crippen molar-refractivity contribution in [3.8, 4) is 17.2 Å². The first-order valence-electron chi connectivity index (χ1n) is 6.61. The van der Waals surface area contributed by atoms with E-state index in [2.05, 4.69) is 10.1 Å². The third kappa shape index (κ3) is 4.57. The third-order valence-corrected chi connectivity index (χ3v) is 2.93. The lowest BCUT2D eigenvalue weighted by atomic mass is 10.2. The highest BCUT2D eigenvalue weighted by molar-refractivity contribution is 6.04. The van der Waals surface area contributed by atoms with Gasteiger partial charge in [0.25, 0.3) is 5.91 Å². The van der Waals surface area contributed by atoms with Crippen LogP contribution < -0.4 is 19.5 Å². The van der Waals surface area contributed by atoms with Gasteiger partial charge in [0.15, 0.2) is 0 Å². The highest BCUT2D eigenvalue weighted by atomic mass is 19.3. The zero-order valence-corrected chi connectivity index (χ0v) is 12.5. The lowest BCUT2D eigenvalue weighted by molar-refractivity contribution is -0.0498. The van der Waals surface area contributed by atoms with Crippen LogP contribution in [0.3, 0.4) is 0 Å². The Hall–Kier alpha value is -2.83. The summed E-state index contributed by atoms with van der Waals surface area (Å²) in [6.07, 6.45) is 0. The Morgan fingerprint density at radius 3 is 2.22 bits per heavy atom. The van der Waals surface area contributed by atoms with Crippen molar-refractivity contribution in [3.05, 3.63) is 48.0 Å². The molecule has 2 aromatic carbocycles. The highest BCUT2D eigenvalue weighted by Crippen LogP contribution is 2.26. The first-order chi connectivity index (χ1) is 11.0. The summed E-state index contributed by atoms with van der Waals surface area (Å²) in [6.45, 7) is -2.95. The predicted octanol–water partition coefficient (Wildman–Crippen LogP) is 3.56. The van der Waals surface area contributed by atoms with Crippen LogP contribution in [0.25, 0.3) is 0 Å². The molecule has 0 aliphatic rings. The molecule has 7 heteroatoms. The fourth-order valence-corrected chi connectivity index (χ4v) is 1.90. The van der Waals surface area contributed by atoms with E-state index in [1.165, 1.54) is 38.5 Å². The Balaban J connectivity index is 2.18. The molecular formula is C16H15F2NO4. The zero-order chi connectivity index (χ0) is 16.8. The van der Waals surface area contributed by atoms with Crippen molar-refractivity contribution >= 4 is 11.6 Å². The van der Waals surface area contributed by atoms with E-state index in [0.717, 1.165) is 0 Å². The number of alkyl halides is 2. The minimum Gasteiger partial charge on any atom is -0.497 e. The fraction of sp³-hybridized carbons (Fsp3) is 0.188. The molecule has 1 N–H and O–H groups in total. The van der Waals surface area contributed by atoms with Gasteiger partial charge in [0.05, 0.1) is 14.2 Å². The Morgan fingerprint density at radius 1 is 1.00 bits per heavy atom. The van der Waals surface area contributed by atoms with Crippen LogP contribution in [0.4, 0.5) is 14.5 Å². The van der Waals surface area contributed by atoms with E-state index in [-0.39, 0.29) is 11.3 Å². The van der Waals surface area contributed by atoms with E-state index in [4.69, 9.17) is 9.47 Å². The summed E-state index contributed by atoms with van der Waals surface area (Å²) in [7, 11) is 2.98. The third-order valence-electron chi connectivity index (χ3n) is 2.93. The van der Waals surface area contributed by atoms with Crippen molar-refractivity contribution in [2.75, 3.05) is 19.5 Å². The first kappa shape index (κ1) is 16.5. The lowest BCUT2D eigenvalue weighted by Gasteiger charge is -2.10. The smallest absolute Gasteiger partial charge is 0.387 e. The summed E-state index contributed by atoms with van der Waals surface area (Å²) >= 11 is 0. The van der Waals surface area contributed by atoms with Crippen molar-refractivity contribution in [1.82, 2.24) is 0 Å². The van der Waals surface area contributed by atoms with Crippen LogP contribution in [-0.4, -0.2) is 26.7 Å². The summed E-state index contributed by atoms with van der Waals surface area (Å²) in [5, 5.41) is 2.65. The van der Waals surface area contributed by atoms with E-state index in [0.29, 0.717) is 17.2 Å². The SMILES string of the molecule is COc1cc(NC(=O)c2cccc(OC(F)F)c2)cc(OC)c1. The van der Waals surface area contributed by atoms with Crippen molar-refractivity contribution in [3.63, 3.8) is 0 Å². The normalized spacial score (nSPS) is 10.3. The average molecular weight is 323 g/mol. The largest absolute Gasteiger partial charge is 0.497 e. The van der Waals surface area contributed by atoms with E-state index >= 15 is 0 Å². The number of rotatable bonds is 6. The number of carbonyl (C=O) groups excluding carboxylic acids is 1. The fourth-order valence-electron chi connectivity index (χ4n) is 1.90. The summed E-state index contributed by atoms with van der Waals surface area (Å²) < 4.78 is 38.9. The lowest BCUT2D eigenvalue weighted by Crippen LogP contribution is -2.12. The number of halogens is 2. The number of nitrogens with one attached hydrogen (secondary N) is 1. The molecule has 1 amide bonds. The van der Waals surface area contributed by atoms with Crippen LogP contribution in [0.1, 0.15) is 10.4 Å². The Kier molecular flexibility index (Phi) is 5.35. The minimum atomic E-state index is -2.95. The molecule has 0 atom stereocenters. The molecule has 0 radical (unpaired) electrons. The molecule has 2 rings (SSSR count). The number of hydrogen-bond acceptors (Lipinski definition) is 4. The van der Waals surface area contributed by atoms with E-state index in [9.17, 15) is 13.6 Å². The summed E-state index contributed by atoms with van der Waals surface area (Å²) in [4.78, 5) is 12.2. The maximum Gasteiger partial charge on any atom is 0.387 e. The molecule has 0 aliphatic carbocycles. The maximum atomic E-state index is 12.2. The second kappa shape index (κ2) is 7.44. The van der Waals surface area contributed by atoms with Crippen LogP contribution in [0.5, 0.6) is 17.2 Å². The van der Waals surface area contributed by atoms with Crippen LogP contribution in [-0.2, 0) is 0 Å². The van der Waals surface area contributed by atoms with Crippen LogP contribution in [0.15, 0.2) is 42.5 Å². The quantitative estimate of drug-likeness (QED) is 0.883. The highest BCUT2D eigenvalue weighted by Gasteiger charge is 2.11. The summed E-state index contributed by atoms with van der Waals surface area (Å²) in [5.74, 6) is 0.458. The van der Waals surface area contributed by atoms with Crippen LogP contribution in [0.2, 0.25) is 0 Å². The zero-order valence-electron chi connectivity index (χ0n) is 12.5. The van der Waals surface area contributed by atoms with Gasteiger partial charge in [-0.25, -0.2) is 0 Å². The van der Waals surface area contributed by atoms with Gasteiger partial charge in [-0.2, -0.15) is 8.78 Å². The Bertz CT molecular complexity index is 669. The molecule has 0 bridgehead atoms. The van der Waals surface area contributed by atoms with Crippen molar-refractivity contribution < 1.29 is 27.8 Å². The molecule has 0 heterocycles. The van der Waals surface area contributed by atoms with E-state index < -0.39 is 12.5 Å².